The van der Waals surface area contributed by atoms with Gasteiger partial charge in [0.15, 0.2) is 0 Å². The third-order valence-corrected chi connectivity index (χ3v) is 6.35. The zero-order chi connectivity index (χ0) is 23.3. The highest BCUT2D eigenvalue weighted by Crippen LogP contribution is 2.25. The van der Waals surface area contributed by atoms with Gasteiger partial charge in [0.2, 0.25) is 0 Å². The number of nitriles is 1. The normalized spacial score (nSPS) is 14.3. The number of para-hydroxylation sites is 2. The van der Waals surface area contributed by atoms with Gasteiger partial charge in [-0.25, -0.2) is 0 Å². The first-order valence-corrected chi connectivity index (χ1v) is 11.6. The van der Waals surface area contributed by atoms with E-state index in [0.29, 0.717) is 13.1 Å². The molecule has 1 aliphatic rings. The van der Waals surface area contributed by atoms with Crippen LogP contribution in [0.15, 0.2) is 96.7 Å². The van der Waals surface area contributed by atoms with E-state index in [1.807, 2.05) is 60.8 Å². The lowest BCUT2D eigenvalue weighted by Gasteiger charge is -2.36. The smallest absolute Gasteiger partial charge is 0.264 e. The van der Waals surface area contributed by atoms with Gasteiger partial charge in [0.05, 0.1) is 0 Å². The first kappa shape index (κ1) is 21.5. The maximum Gasteiger partial charge on any atom is 0.264 e. The third-order valence-electron chi connectivity index (χ3n) is 6.35. The summed E-state index contributed by atoms with van der Waals surface area (Å²) in [5.74, 6) is -0.199. The number of rotatable bonds is 5. The van der Waals surface area contributed by atoms with E-state index < -0.39 is 0 Å². The minimum absolute atomic E-state index is 0.177. The SMILES string of the molecule is N#C/C(=C\c1cn(Cc2ccccc2)c2ccccc12)C(=O)N1CCN(c2ccccc2)CC1. The van der Waals surface area contributed by atoms with Crippen LogP contribution >= 0.6 is 0 Å². The predicted molar refractivity (Wildman–Crippen MR) is 136 cm³/mol. The lowest BCUT2D eigenvalue weighted by molar-refractivity contribution is -0.126. The van der Waals surface area contributed by atoms with Crippen molar-refractivity contribution in [2.45, 2.75) is 6.54 Å². The van der Waals surface area contributed by atoms with Crippen LogP contribution in [-0.4, -0.2) is 41.6 Å². The molecule has 0 radical (unpaired) electrons. The number of aromatic nitrogens is 1. The molecule has 2 heterocycles. The monoisotopic (exact) mass is 446 g/mol. The maximum atomic E-state index is 13.2. The maximum absolute atomic E-state index is 13.2. The zero-order valence-electron chi connectivity index (χ0n) is 19.0. The van der Waals surface area contributed by atoms with E-state index in [1.54, 1.807) is 11.0 Å². The van der Waals surface area contributed by atoms with Gasteiger partial charge in [0, 0.05) is 61.1 Å². The Hall–Kier alpha value is -4.30. The van der Waals surface area contributed by atoms with Crippen LogP contribution in [0.4, 0.5) is 5.69 Å². The van der Waals surface area contributed by atoms with Gasteiger partial charge >= 0.3 is 0 Å². The van der Waals surface area contributed by atoms with E-state index in [4.69, 9.17) is 0 Å². The van der Waals surface area contributed by atoms with Gasteiger partial charge in [0.1, 0.15) is 11.6 Å². The van der Waals surface area contributed by atoms with Crippen LogP contribution < -0.4 is 4.90 Å². The molecule has 34 heavy (non-hydrogen) atoms. The van der Waals surface area contributed by atoms with Crippen LogP contribution in [0.5, 0.6) is 0 Å². The molecule has 1 saturated heterocycles. The second kappa shape index (κ2) is 9.68. The Kier molecular flexibility index (Phi) is 6.13. The van der Waals surface area contributed by atoms with Crippen LogP contribution in [0.25, 0.3) is 17.0 Å². The Morgan fingerprint density at radius 1 is 0.853 bits per heavy atom. The van der Waals surface area contributed by atoms with Crippen molar-refractivity contribution in [1.82, 2.24) is 9.47 Å². The zero-order valence-corrected chi connectivity index (χ0v) is 19.0. The summed E-state index contributed by atoms with van der Waals surface area (Å²) in [5.41, 5.74) is 4.51. The summed E-state index contributed by atoms with van der Waals surface area (Å²) < 4.78 is 2.18. The summed E-state index contributed by atoms with van der Waals surface area (Å²) in [6, 6.07) is 30.8. The number of hydrogen-bond donors (Lipinski definition) is 0. The molecule has 5 heteroatoms. The highest BCUT2D eigenvalue weighted by Gasteiger charge is 2.24. The summed E-state index contributed by atoms with van der Waals surface area (Å²) in [4.78, 5) is 17.3. The quantitative estimate of drug-likeness (QED) is 0.322. The van der Waals surface area contributed by atoms with Crippen molar-refractivity contribution < 1.29 is 4.79 Å². The van der Waals surface area contributed by atoms with Crippen LogP contribution in [0, 0.1) is 11.3 Å². The fourth-order valence-electron chi connectivity index (χ4n) is 4.58. The number of piperazine rings is 1. The molecule has 0 atom stereocenters. The number of amides is 1. The first-order valence-electron chi connectivity index (χ1n) is 11.6. The molecule has 5 rings (SSSR count). The minimum Gasteiger partial charge on any atom is -0.368 e. The Morgan fingerprint density at radius 3 is 2.21 bits per heavy atom. The Balaban J connectivity index is 1.37. The number of carbonyl (C=O) groups is 1. The topological polar surface area (TPSA) is 52.3 Å². The van der Waals surface area contributed by atoms with Gasteiger partial charge in [-0.15, -0.1) is 0 Å². The molecular weight excluding hydrogens is 420 g/mol. The number of fused-ring (bicyclic) bond motifs is 1. The average molecular weight is 447 g/mol. The van der Waals surface area contributed by atoms with Crippen molar-refractivity contribution in [3.63, 3.8) is 0 Å². The van der Waals surface area contributed by atoms with Crippen molar-refractivity contribution in [3.05, 3.63) is 108 Å². The lowest BCUT2D eigenvalue weighted by atomic mass is 10.1. The van der Waals surface area contributed by atoms with Gasteiger partial charge in [-0.1, -0.05) is 66.7 Å². The molecule has 5 nitrogen and oxygen atoms in total. The Labute approximate surface area is 199 Å². The van der Waals surface area contributed by atoms with Crippen molar-refractivity contribution in [2.24, 2.45) is 0 Å². The molecule has 1 fully saturated rings. The van der Waals surface area contributed by atoms with E-state index in [0.717, 1.165) is 41.8 Å². The van der Waals surface area contributed by atoms with Crippen molar-refractivity contribution in [3.8, 4) is 6.07 Å². The van der Waals surface area contributed by atoms with Gasteiger partial charge < -0.3 is 14.4 Å². The van der Waals surface area contributed by atoms with Crippen molar-refractivity contribution >= 4 is 28.6 Å². The summed E-state index contributed by atoms with van der Waals surface area (Å²) in [6.45, 7) is 3.44. The van der Waals surface area contributed by atoms with Crippen molar-refractivity contribution in [2.75, 3.05) is 31.1 Å². The molecule has 0 saturated carbocycles. The standard InChI is InChI=1S/C29H26N4O/c30-20-24(29(34)32-17-15-31(16-18-32)26-11-5-2-6-12-26)19-25-22-33(21-23-9-3-1-4-10-23)28-14-8-7-13-27(25)28/h1-14,19,22H,15-18,21H2/b24-19+. The Bertz CT molecular complexity index is 1360. The molecule has 0 N–H and O–H groups in total. The van der Waals surface area contributed by atoms with E-state index in [2.05, 4.69) is 45.9 Å². The molecule has 168 valence electrons. The van der Waals surface area contributed by atoms with Crippen molar-refractivity contribution in [1.29, 1.82) is 5.26 Å². The lowest BCUT2D eigenvalue weighted by Crippen LogP contribution is -2.49. The highest BCUT2D eigenvalue weighted by molar-refractivity contribution is 6.04. The van der Waals surface area contributed by atoms with Crippen LogP contribution in [0.3, 0.4) is 0 Å². The molecule has 0 spiro atoms. The fraction of sp³-hybridized carbons (Fsp3) is 0.172. The van der Waals surface area contributed by atoms with Crippen LogP contribution in [-0.2, 0) is 11.3 Å². The summed E-state index contributed by atoms with van der Waals surface area (Å²) >= 11 is 0. The molecule has 1 aromatic heterocycles. The van der Waals surface area contributed by atoms with Gasteiger partial charge in [-0.2, -0.15) is 5.26 Å². The fourth-order valence-corrected chi connectivity index (χ4v) is 4.58. The molecule has 0 aliphatic carbocycles. The largest absolute Gasteiger partial charge is 0.368 e. The summed E-state index contributed by atoms with van der Waals surface area (Å²) in [6.07, 6.45) is 3.78. The third kappa shape index (κ3) is 4.44. The number of anilines is 1. The number of hydrogen-bond acceptors (Lipinski definition) is 3. The average Bonchev–Trinajstić information content (AvgIpc) is 3.25. The van der Waals surface area contributed by atoms with Crippen LogP contribution in [0.1, 0.15) is 11.1 Å². The van der Waals surface area contributed by atoms with E-state index >= 15 is 0 Å². The summed E-state index contributed by atoms with van der Waals surface area (Å²) in [7, 11) is 0. The second-order valence-electron chi connectivity index (χ2n) is 8.50. The molecule has 1 amide bonds. The molecule has 0 unspecified atom stereocenters. The van der Waals surface area contributed by atoms with Gasteiger partial charge in [0.25, 0.3) is 5.91 Å². The number of nitrogens with zero attached hydrogens (tertiary/aromatic N) is 4. The van der Waals surface area contributed by atoms with E-state index in [1.165, 1.54) is 5.56 Å². The molecule has 4 aromatic rings. The second-order valence-corrected chi connectivity index (χ2v) is 8.50. The first-order chi connectivity index (χ1) is 16.7. The molecule has 3 aromatic carbocycles. The minimum atomic E-state index is -0.199. The molecule has 1 aliphatic heterocycles. The number of carbonyl (C=O) groups excluding carboxylic acids is 1. The molecular formula is C29H26N4O. The summed E-state index contributed by atoms with van der Waals surface area (Å²) in [5, 5.41) is 10.9. The van der Waals surface area contributed by atoms with Crippen LogP contribution in [0.2, 0.25) is 0 Å². The Morgan fingerprint density at radius 2 is 1.50 bits per heavy atom. The van der Waals surface area contributed by atoms with Gasteiger partial charge in [-0.3, -0.25) is 4.79 Å². The number of benzene rings is 3. The van der Waals surface area contributed by atoms with E-state index in [9.17, 15) is 10.1 Å². The molecule has 0 bridgehead atoms. The van der Waals surface area contributed by atoms with Gasteiger partial charge in [-0.05, 0) is 29.8 Å². The van der Waals surface area contributed by atoms with E-state index in [-0.39, 0.29) is 11.5 Å². The highest BCUT2D eigenvalue weighted by atomic mass is 16.2. The predicted octanol–water partition coefficient (Wildman–Crippen LogP) is 4.95.